The number of amides is 1. The SMILES string of the molecule is COC[C@@H]1CC(F)(F)CN1C1CCN(C(=O)c2ccoc2)CC1. The maximum Gasteiger partial charge on any atom is 0.262 e. The van der Waals surface area contributed by atoms with Gasteiger partial charge in [0.15, 0.2) is 0 Å². The van der Waals surface area contributed by atoms with Gasteiger partial charge in [-0.05, 0) is 18.9 Å². The van der Waals surface area contributed by atoms with E-state index in [1.54, 1.807) is 18.1 Å². The number of carbonyl (C=O) groups excluding carboxylic acids is 1. The minimum Gasteiger partial charge on any atom is -0.472 e. The lowest BCUT2D eigenvalue weighted by Gasteiger charge is -2.38. The van der Waals surface area contributed by atoms with Crippen LogP contribution in [-0.2, 0) is 4.74 Å². The van der Waals surface area contributed by atoms with Crippen molar-refractivity contribution in [3.63, 3.8) is 0 Å². The second-order valence-corrected chi connectivity index (χ2v) is 6.38. The fraction of sp³-hybridized carbons (Fsp3) is 0.688. The first kappa shape index (κ1) is 16.4. The van der Waals surface area contributed by atoms with Crippen LogP contribution in [0.1, 0.15) is 29.6 Å². The molecular formula is C16H22F2N2O3. The van der Waals surface area contributed by atoms with Crippen molar-refractivity contribution in [3.8, 4) is 0 Å². The third-order valence-corrected chi connectivity index (χ3v) is 4.77. The van der Waals surface area contributed by atoms with Crippen molar-refractivity contribution >= 4 is 5.91 Å². The highest BCUT2D eigenvalue weighted by Crippen LogP contribution is 2.35. The summed E-state index contributed by atoms with van der Waals surface area (Å²) in [6.45, 7) is 1.28. The third-order valence-electron chi connectivity index (χ3n) is 4.77. The normalized spacial score (nSPS) is 25.9. The number of ether oxygens (including phenoxy) is 1. The van der Waals surface area contributed by atoms with Crippen molar-refractivity contribution in [1.29, 1.82) is 0 Å². The highest BCUT2D eigenvalue weighted by atomic mass is 19.3. The van der Waals surface area contributed by atoms with Gasteiger partial charge in [0, 0.05) is 38.7 Å². The molecule has 0 spiro atoms. The Morgan fingerprint density at radius 3 is 2.78 bits per heavy atom. The van der Waals surface area contributed by atoms with Crippen LogP contribution < -0.4 is 0 Å². The monoisotopic (exact) mass is 328 g/mol. The number of rotatable bonds is 4. The van der Waals surface area contributed by atoms with Gasteiger partial charge >= 0.3 is 0 Å². The predicted octanol–water partition coefficient (Wildman–Crippen LogP) is 2.24. The predicted molar refractivity (Wildman–Crippen MR) is 79.6 cm³/mol. The van der Waals surface area contributed by atoms with Crippen molar-refractivity contribution < 1.29 is 22.7 Å². The maximum absolute atomic E-state index is 13.7. The Morgan fingerprint density at radius 1 is 1.43 bits per heavy atom. The Kier molecular flexibility index (Phi) is 4.68. The first-order valence-corrected chi connectivity index (χ1v) is 7.94. The molecule has 0 aromatic carbocycles. The van der Waals surface area contributed by atoms with Crippen molar-refractivity contribution in [2.45, 2.75) is 37.3 Å². The highest BCUT2D eigenvalue weighted by Gasteiger charge is 2.47. The lowest BCUT2D eigenvalue weighted by atomic mass is 10.0. The van der Waals surface area contributed by atoms with E-state index in [0.29, 0.717) is 38.1 Å². The van der Waals surface area contributed by atoms with Crippen LogP contribution >= 0.6 is 0 Å². The number of alkyl halides is 2. The number of hydrogen-bond donors (Lipinski definition) is 0. The van der Waals surface area contributed by atoms with Crippen LogP contribution in [0.5, 0.6) is 0 Å². The van der Waals surface area contributed by atoms with Crippen LogP contribution in [0.4, 0.5) is 8.78 Å². The highest BCUT2D eigenvalue weighted by molar-refractivity contribution is 5.93. The van der Waals surface area contributed by atoms with Gasteiger partial charge in [-0.1, -0.05) is 0 Å². The Morgan fingerprint density at radius 2 is 2.17 bits per heavy atom. The first-order valence-electron chi connectivity index (χ1n) is 7.94. The molecule has 128 valence electrons. The van der Waals surface area contributed by atoms with Crippen molar-refractivity contribution in [2.24, 2.45) is 0 Å². The number of carbonyl (C=O) groups is 1. The summed E-state index contributed by atoms with van der Waals surface area (Å²) in [7, 11) is 1.54. The zero-order valence-electron chi connectivity index (χ0n) is 13.2. The topological polar surface area (TPSA) is 45.9 Å². The molecule has 7 heteroatoms. The Balaban J connectivity index is 1.59. The quantitative estimate of drug-likeness (QED) is 0.850. The summed E-state index contributed by atoms with van der Waals surface area (Å²) in [5, 5.41) is 0. The van der Waals surface area contributed by atoms with Gasteiger partial charge in [-0.2, -0.15) is 0 Å². The van der Waals surface area contributed by atoms with Crippen LogP contribution in [0.3, 0.4) is 0 Å². The summed E-state index contributed by atoms with van der Waals surface area (Å²) in [6.07, 6.45) is 4.18. The Labute approximate surface area is 134 Å². The van der Waals surface area contributed by atoms with E-state index in [9.17, 15) is 13.6 Å². The summed E-state index contributed by atoms with van der Waals surface area (Å²) in [5.74, 6) is -2.70. The van der Waals surface area contributed by atoms with Gasteiger partial charge in [0.05, 0.1) is 25.0 Å². The molecule has 0 bridgehead atoms. The molecule has 0 N–H and O–H groups in total. The number of hydrogen-bond acceptors (Lipinski definition) is 4. The van der Waals surface area contributed by atoms with E-state index >= 15 is 0 Å². The minimum absolute atomic E-state index is 0.0580. The van der Waals surface area contributed by atoms with E-state index in [-0.39, 0.29) is 31.0 Å². The van der Waals surface area contributed by atoms with Gasteiger partial charge in [-0.25, -0.2) is 8.78 Å². The summed E-state index contributed by atoms with van der Waals surface area (Å²) in [4.78, 5) is 15.9. The third kappa shape index (κ3) is 3.55. The van der Waals surface area contributed by atoms with E-state index in [0.717, 1.165) is 0 Å². The number of furan rings is 1. The van der Waals surface area contributed by atoms with Gasteiger partial charge in [-0.15, -0.1) is 0 Å². The average Bonchev–Trinajstić information content (AvgIpc) is 3.15. The molecule has 23 heavy (non-hydrogen) atoms. The molecule has 2 fully saturated rings. The van der Waals surface area contributed by atoms with E-state index in [4.69, 9.17) is 9.15 Å². The Hall–Kier alpha value is -1.47. The zero-order chi connectivity index (χ0) is 16.4. The fourth-order valence-electron chi connectivity index (χ4n) is 3.67. The second-order valence-electron chi connectivity index (χ2n) is 6.38. The summed E-state index contributed by atoms with van der Waals surface area (Å²) >= 11 is 0. The summed E-state index contributed by atoms with van der Waals surface area (Å²) in [5.41, 5.74) is 0.536. The minimum atomic E-state index is -2.65. The molecule has 1 amide bonds. The molecule has 2 aliphatic rings. The van der Waals surface area contributed by atoms with Gasteiger partial charge < -0.3 is 14.1 Å². The number of nitrogens with zero attached hydrogens (tertiary/aromatic N) is 2. The lowest BCUT2D eigenvalue weighted by molar-refractivity contribution is 0.00285. The standard InChI is InChI=1S/C16H22F2N2O3/c1-22-10-14-8-16(17,18)11-20(14)13-2-5-19(6-3-13)15(21)12-4-7-23-9-12/h4,7,9,13-14H,2-3,5-6,8,10-11H2,1H3/t14-/m0/s1. The van der Waals surface area contributed by atoms with Crippen LogP contribution in [0, 0.1) is 0 Å². The molecule has 0 saturated carbocycles. The average molecular weight is 328 g/mol. The molecule has 2 aliphatic heterocycles. The van der Waals surface area contributed by atoms with Gasteiger partial charge in [-0.3, -0.25) is 9.69 Å². The smallest absolute Gasteiger partial charge is 0.262 e. The van der Waals surface area contributed by atoms with Crippen LogP contribution in [-0.4, -0.2) is 67.1 Å². The molecule has 5 nitrogen and oxygen atoms in total. The van der Waals surface area contributed by atoms with Crippen molar-refractivity contribution in [2.75, 3.05) is 33.4 Å². The van der Waals surface area contributed by atoms with E-state index in [1.807, 2.05) is 4.90 Å². The van der Waals surface area contributed by atoms with Gasteiger partial charge in [0.2, 0.25) is 0 Å². The zero-order valence-corrected chi connectivity index (χ0v) is 13.2. The molecule has 1 aromatic rings. The van der Waals surface area contributed by atoms with Gasteiger partial charge in [0.25, 0.3) is 11.8 Å². The molecular weight excluding hydrogens is 306 g/mol. The number of piperidine rings is 1. The van der Waals surface area contributed by atoms with Crippen molar-refractivity contribution in [3.05, 3.63) is 24.2 Å². The Bertz CT molecular complexity index is 527. The number of methoxy groups -OCH3 is 1. The molecule has 0 aliphatic carbocycles. The van der Waals surface area contributed by atoms with E-state index < -0.39 is 5.92 Å². The molecule has 1 aromatic heterocycles. The molecule has 0 radical (unpaired) electrons. The molecule has 1 atom stereocenters. The first-order chi connectivity index (χ1) is 11.0. The maximum atomic E-state index is 13.7. The molecule has 3 rings (SSSR count). The van der Waals surface area contributed by atoms with Crippen LogP contribution in [0.25, 0.3) is 0 Å². The van der Waals surface area contributed by atoms with E-state index in [2.05, 4.69) is 0 Å². The van der Waals surface area contributed by atoms with Crippen LogP contribution in [0.15, 0.2) is 23.0 Å². The lowest BCUT2D eigenvalue weighted by Crippen LogP contribution is -2.49. The molecule has 2 saturated heterocycles. The van der Waals surface area contributed by atoms with E-state index in [1.165, 1.54) is 12.5 Å². The van der Waals surface area contributed by atoms with Crippen molar-refractivity contribution in [1.82, 2.24) is 9.80 Å². The number of halogens is 2. The second kappa shape index (κ2) is 6.57. The number of likely N-dealkylation sites (tertiary alicyclic amines) is 2. The molecule has 0 unspecified atom stereocenters. The summed E-state index contributed by atoms with van der Waals surface area (Å²) < 4.78 is 37.5. The fourth-order valence-corrected chi connectivity index (χ4v) is 3.67. The van der Waals surface area contributed by atoms with Gasteiger partial charge in [0.1, 0.15) is 6.26 Å². The largest absolute Gasteiger partial charge is 0.472 e. The van der Waals surface area contributed by atoms with Crippen LogP contribution in [0.2, 0.25) is 0 Å². The summed E-state index contributed by atoms with van der Waals surface area (Å²) in [6, 6.07) is 1.48. The molecule has 3 heterocycles.